The summed E-state index contributed by atoms with van der Waals surface area (Å²) in [7, 11) is 1.63. The molecule has 0 unspecified atom stereocenters. The van der Waals surface area contributed by atoms with Crippen LogP contribution in [0.25, 0.3) is 0 Å². The predicted molar refractivity (Wildman–Crippen MR) is 82.7 cm³/mol. The van der Waals surface area contributed by atoms with Crippen molar-refractivity contribution >= 4 is 11.6 Å². The first kappa shape index (κ1) is 14.4. The fourth-order valence-corrected chi connectivity index (χ4v) is 2.68. The maximum atomic E-state index is 12.3. The monoisotopic (exact) mass is 298 g/mol. The van der Waals surface area contributed by atoms with Crippen LogP contribution in [-0.4, -0.2) is 23.7 Å². The smallest absolute Gasteiger partial charge is 0.242 e. The molecule has 0 saturated carbocycles. The third kappa shape index (κ3) is 2.50. The van der Waals surface area contributed by atoms with E-state index in [9.17, 15) is 4.79 Å². The molecule has 3 rings (SSSR count). The van der Waals surface area contributed by atoms with Crippen molar-refractivity contribution in [3.8, 4) is 5.75 Å². The van der Waals surface area contributed by atoms with Gasteiger partial charge in [-0.15, -0.1) is 0 Å². The molecular formula is C17H18N2O3. The topological polar surface area (TPSA) is 55.0 Å². The van der Waals surface area contributed by atoms with E-state index in [1.54, 1.807) is 18.4 Å². The van der Waals surface area contributed by atoms with E-state index in [4.69, 9.17) is 9.15 Å². The van der Waals surface area contributed by atoms with Crippen LogP contribution in [0.1, 0.15) is 37.1 Å². The minimum absolute atomic E-state index is 0.0162. The summed E-state index contributed by atoms with van der Waals surface area (Å²) >= 11 is 0. The lowest BCUT2D eigenvalue weighted by Gasteiger charge is -2.23. The van der Waals surface area contributed by atoms with Gasteiger partial charge in [-0.25, -0.2) is 5.01 Å². The number of benzene rings is 1. The molecule has 2 aromatic rings. The number of methoxy groups -OCH3 is 1. The van der Waals surface area contributed by atoms with Crippen LogP contribution in [0.4, 0.5) is 0 Å². The number of para-hydroxylation sites is 1. The Hall–Kier alpha value is -2.56. The first-order valence-corrected chi connectivity index (χ1v) is 7.31. The van der Waals surface area contributed by atoms with E-state index in [2.05, 4.69) is 5.10 Å². The lowest BCUT2D eigenvalue weighted by molar-refractivity contribution is -0.132. The van der Waals surface area contributed by atoms with E-state index < -0.39 is 0 Å². The molecule has 0 fully saturated rings. The molecule has 5 nitrogen and oxygen atoms in total. The SMILES string of the molecule is CCC(=O)N1N=C(c2ccco2)C[C@@H]1c1ccccc1OC. The normalized spacial score (nSPS) is 17.5. The maximum Gasteiger partial charge on any atom is 0.242 e. The van der Waals surface area contributed by atoms with Crippen molar-refractivity contribution in [3.63, 3.8) is 0 Å². The van der Waals surface area contributed by atoms with Gasteiger partial charge in [-0.3, -0.25) is 4.79 Å². The summed E-state index contributed by atoms with van der Waals surface area (Å²) in [6, 6.07) is 11.2. The van der Waals surface area contributed by atoms with Gasteiger partial charge in [-0.2, -0.15) is 5.10 Å². The van der Waals surface area contributed by atoms with Gasteiger partial charge in [0.05, 0.1) is 19.4 Å². The fourth-order valence-electron chi connectivity index (χ4n) is 2.68. The highest BCUT2D eigenvalue weighted by Crippen LogP contribution is 2.37. The molecule has 1 atom stereocenters. The highest BCUT2D eigenvalue weighted by Gasteiger charge is 2.34. The molecular weight excluding hydrogens is 280 g/mol. The highest BCUT2D eigenvalue weighted by atomic mass is 16.5. The molecule has 1 aromatic carbocycles. The summed E-state index contributed by atoms with van der Waals surface area (Å²) in [6.07, 6.45) is 2.63. The maximum absolute atomic E-state index is 12.3. The zero-order chi connectivity index (χ0) is 15.5. The highest BCUT2D eigenvalue weighted by molar-refractivity contribution is 6.01. The Balaban J connectivity index is 1.98. The van der Waals surface area contributed by atoms with Gasteiger partial charge < -0.3 is 9.15 Å². The van der Waals surface area contributed by atoms with Crippen molar-refractivity contribution in [1.82, 2.24) is 5.01 Å². The van der Waals surface area contributed by atoms with Gasteiger partial charge in [-0.1, -0.05) is 25.1 Å². The van der Waals surface area contributed by atoms with Gasteiger partial charge in [0.1, 0.15) is 17.2 Å². The lowest BCUT2D eigenvalue weighted by atomic mass is 10.00. The van der Waals surface area contributed by atoms with Crippen molar-refractivity contribution in [2.75, 3.05) is 7.11 Å². The number of hydrogen-bond donors (Lipinski definition) is 0. The predicted octanol–water partition coefficient (Wildman–Crippen LogP) is 3.38. The van der Waals surface area contributed by atoms with Crippen molar-refractivity contribution in [1.29, 1.82) is 0 Å². The largest absolute Gasteiger partial charge is 0.496 e. The Morgan fingerprint density at radius 3 is 2.86 bits per heavy atom. The van der Waals surface area contributed by atoms with Crippen LogP contribution in [0, 0.1) is 0 Å². The third-order valence-corrected chi connectivity index (χ3v) is 3.77. The standard InChI is InChI=1S/C17H18N2O3/c1-3-17(20)19-14(12-7-4-5-8-15(12)21-2)11-13(18-19)16-9-6-10-22-16/h4-10,14H,3,11H2,1-2H3/t14-/m1/s1. The van der Waals surface area contributed by atoms with E-state index in [0.29, 0.717) is 18.6 Å². The number of amides is 1. The fraction of sp³-hybridized carbons (Fsp3) is 0.294. The van der Waals surface area contributed by atoms with Crippen molar-refractivity contribution in [3.05, 3.63) is 54.0 Å². The molecule has 22 heavy (non-hydrogen) atoms. The van der Waals surface area contributed by atoms with Crippen molar-refractivity contribution < 1.29 is 13.9 Å². The molecule has 1 aromatic heterocycles. The third-order valence-electron chi connectivity index (χ3n) is 3.77. The molecule has 2 heterocycles. The molecule has 114 valence electrons. The van der Waals surface area contributed by atoms with Crippen molar-refractivity contribution in [2.45, 2.75) is 25.8 Å². The minimum Gasteiger partial charge on any atom is -0.496 e. The van der Waals surface area contributed by atoms with Gasteiger partial charge >= 0.3 is 0 Å². The van der Waals surface area contributed by atoms with Gasteiger partial charge in [0.15, 0.2) is 0 Å². The van der Waals surface area contributed by atoms with Crippen LogP contribution >= 0.6 is 0 Å². The average molecular weight is 298 g/mol. The summed E-state index contributed by atoms with van der Waals surface area (Å²) in [5.41, 5.74) is 1.74. The number of nitrogens with zero attached hydrogens (tertiary/aromatic N) is 2. The van der Waals surface area contributed by atoms with Crippen LogP contribution in [-0.2, 0) is 4.79 Å². The quantitative estimate of drug-likeness (QED) is 0.869. The average Bonchev–Trinajstić information content (AvgIpc) is 3.23. The molecule has 1 aliphatic rings. The van der Waals surface area contributed by atoms with Crippen LogP contribution in [0.2, 0.25) is 0 Å². The van der Waals surface area contributed by atoms with E-state index >= 15 is 0 Å². The number of hydrogen-bond acceptors (Lipinski definition) is 4. The van der Waals surface area contributed by atoms with E-state index in [1.165, 1.54) is 0 Å². The van der Waals surface area contributed by atoms with E-state index in [-0.39, 0.29) is 11.9 Å². The Bertz CT molecular complexity index is 692. The van der Waals surface area contributed by atoms with E-state index in [0.717, 1.165) is 17.0 Å². The zero-order valence-corrected chi connectivity index (χ0v) is 12.7. The van der Waals surface area contributed by atoms with E-state index in [1.807, 2.05) is 43.3 Å². The number of hydrazone groups is 1. The second-order valence-electron chi connectivity index (χ2n) is 5.08. The number of ether oxygens (including phenoxy) is 1. The van der Waals surface area contributed by atoms with Gasteiger partial charge in [0.2, 0.25) is 5.91 Å². The zero-order valence-electron chi connectivity index (χ0n) is 12.7. The first-order chi connectivity index (χ1) is 10.7. The molecule has 0 aliphatic carbocycles. The molecule has 0 spiro atoms. The number of carbonyl (C=O) groups excluding carboxylic acids is 1. The summed E-state index contributed by atoms with van der Waals surface area (Å²) in [6.45, 7) is 1.84. The first-order valence-electron chi connectivity index (χ1n) is 7.31. The molecule has 0 N–H and O–H groups in total. The molecule has 1 aliphatic heterocycles. The van der Waals surface area contributed by atoms with Crippen LogP contribution in [0.3, 0.4) is 0 Å². The molecule has 0 bridgehead atoms. The lowest BCUT2D eigenvalue weighted by Crippen LogP contribution is -2.26. The van der Waals surface area contributed by atoms with Crippen LogP contribution in [0.15, 0.2) is 52.2 Å². The summed E-state index contributed by atoms with van der Waals surface area (Å²) in [5, 5.41) is 6.04. The number of carbonyl (C=O) groups is 1. The van der Waals surface area contributed by atoms with Gasteiger partial charge in [0, 0.05) is 18.4 Å². The second kappa shape index (κ2) is 6.05. The van der Waals surface area contributed by atoms with Crippen molar-refractivity contribution in [2.24, 2.45) is 5.10 Å². The molecule has 0 saturated heterocycles. The molecule has 1 amide bonds. The second-order valence-corrected chi connectivity index (χ2v) is 5.08. The number of rotatable bonds is 4. The van der Waals surface area contributed by atoms with Gasteiger partial charge in [0.25, 0.3) is 0 Å². The number of furan rings is 1. The van der Waals surface area contributed by atoms with Gasteiger partial charge in [-0.05, 0) is 18.2 Å². The molecule has 5 heteroatoms. The Morgan fingerprint density at radius 1 is 1.36 bits per heavy atom. The summed E-state index contributed by atoms with van der Waals surface area (Å²) < 4.78 is 10.9. The minimum atomic E-state index is -0.163. The Labute approximate surface area is 129 Å². The van der Waals surface area contributed by atoms with Crippen LogP contribution < -0.4 is 4.74 Å². The Morgan fingerprint density at radius 2 is 2.18 bits per heavy atom. The molecule has 0 radical (unpaired) electrons. The van der Waals surface area contributed by atoms with Crippen LogP contribution in [0.5, 0.6) is 5.75 Å². The summed E-state index contributed by atoms with van der Waals surface area (Å²) in [5.74, 6) is 1.45. The summed E-state index contributed by atoms with van der Waals surface area (Å²) in [4.78, 5) is 12.3. The Kier molecular flexibility index (Phi) is 3.96.